The minimum atomic E-state index is -0.835. The zero-order valence-corrected chi connectivity index (χ0v) is 18.7. The maximum atomic E-state index is 2.47. The maximum absolute atomic E-state index is 2.47. The highest BCUT2D eigenvalue weighted by atomic mass is 32.2. The molecule has 1 aromatic rings. The highest BCUT2D eigenvalue weighted by Gasteiger charge is 2.24. The zero-order valence-electron chi connectivity index (χ0n) is 16.8. The highest BCUT2D eigenvalue weighted by molar-refractivity contribution is 8.03. The van der Waals surface area contributed by atoms with Crippen molar-refractivity contribution in [2.75, 3.05) is 0 Å². The molecule has 0 N–H and O–H groups in total. The summed E-state index contributed by atoms with van der Waals surface area (Å²) in [5, 5.41) is 2.91. The Balaban J connectivity index is 3.01. The van der Waals surface area contributed by atoms with E-state index in [1.54, 1.807) is 9.34 Å². The van der Waals surface area contributed by atoms with Crippen molar-refractivity contribution >= 4 is 25.9 Å². The molecular formula is C22H37AlS. The quantitative estimate of drug-likeness (QED) is 0.219. The van der Waals surface area contributed by atoms with Gasteiger partial charge in [0.15, 0.2) is 0 Å². The number of allylic oxidation sites excluding steroid dienone is 2. The fourth-order valence-electron chi connectivity index (χ4n) is 3.31. The first-order valence-corrected chi connectivity index (χ1v) is 12.9. The van der Waals surface area contributed by atoms with Gasteiger partial charge in [-0.05, 0) is 29.9 Å². The molecule has 1 rings (SSSR count). The van der Waals surface area contributed by atoms with E-state index in [4.69, 9.17) is 0 Å². The lowest BCUT2D eigenvalue weighted by Gasteiger charge is -2.21. The van der Waals surface area contributed by atoms with Crippen LogP contribution in [0, 0.1) is 11.8 Å². The highest BCUT2D eigenvalue weighted by Crippen LogP contribution is 2.35. The number of benzene rings is 1. The molecule has 0 radical (unpaired) electrons. The summed E-state index contributed by atoms with van der Waals surface area (Å²) in [6.45, 7) is 14.4. The summed E-state index contributed by atoms with van der Waals surface area (Å²) in [4.78, 5) is 3.10. The topological polar surface area (TPSA) is 0 Å². The molecule has 0 nitrogen and oxygen atoms in total. The molecule has 0 aromatic heterocycles. The maximum Gasteiger partial charge on any atom is 0.300 e. The van der Waals surface area contributed by atoms with Crippen LogP contribution in [0.15, 0.2) is 44.6 Å². The normalized spacial score (nSPS) is 12.7. The van der Waals surface area contributed by atoms with Crippen LogP contribution in [0.2, 0.25) is 10.6 Å². The molecule has 1 aromatic carbocycles. The molecule has 0 fully saturated rings. The second kappa shape index (κ2) is 12.2. The van der Waals surface area contributed by atoms with E-state index in [-0.39, 0.29) is 0 Å². The Labute approximate surface area is 159 Å². The minimum absolute atomic E-state index is 0.828. The van der Waals surface area contributed by atoms with E-state index in [9.17, 15) is 0 Å². The molecule has 134 valence electrons. The third-order valence-corrected chi connectivity index (χ3v) is 10.6. The van der Waals surface area contributed by atoms with Gasteiger partial charge in [-0.2, -0.15) is 0 Å². The van der Waals surface area contributed by atoms with Crippen molar-refractivity contribution in [3.63, 3.8) is 0 Å². The Hall–Kier alpha value is -0.158. The molecule has 0 bridgehead atoms. The van der Waals surface area contributed by atoms with E-state index < -0.39 is 14.1 Å². The van der Waals surface area contributed by atoms with Gasteiger partial charge in [-0.3, -0.25) is 0 Å². The van der Waals surface area contributed by atoms with Crippen LogP contribution in [0.4, 0.5) is 0 Å². The van der Waals surface area contributed by atoms with Crippen LogP contribution in [0.25, 0.3) is 0 Å². The van der Waals surface area contributed by atoms with Crippen LogP contribution in [0.3, 0.4) is 0 Å². The van der Waals surface area contributed by atoms with Gasteiger partial charge < -0.3 is 0 Å². The molecule has 24 heavy (non-hydrogen) atoms. The standard InChI is InChI=1S/C14H19S.2C4H9.Al/c1-3-5-7-10-13(4-2)15-14-11-8-6-9-12-14;2*1-4(2)3;/h6,8-9,11-12H,3,5,7,10H2,1-2H3;2*4H,1H2,2-3H3;. The monoisotopic (exact) mass is 360 g/mol. The number of hydrogen-bond donors (Lipinski definition) is 0. The second-order valence-corrected chi connectivity index (χ2v) is 12.3. The summed E-state index contributed by atoms with van der Waals surface area (Å²) in [5.74, 6) is 1.66. The number of rotatable bonds is 11. The van der Waals surface area contributed by atoms with Crippen LogP contribution in [0.5, 0.6) is 0 Å². The van der Waals surface area contributed by atoms with Crippen molar-refractivity contribution in [1.82, 2.24) is 0 Å². The molecule has 0 aliphatic heterocycles. The van der Waals surface area contributed by atoms with Gasteiger partial charge in [0.25, 0.3) is 0 Å². The van der Waals surface area contributed by atoms with Crippen LogP contribution in [0.1, 0.15) is 67.2 Å². The van der Waals surface area contributed by atoms with Crippen molar-refractivity contribution in [3.05, 3.63) is 39.7 Å². The van der Waals surface area contributed by atoms with Crippen LogP contribution in [-0.4, -0.2) is 14.1 Å². The van der Waals surface area contributed by atoms with Crippen molar-refractivity contribution in [1.29, 1.82) is 0 Å². The first-order valence-electron chi connectivity index (χ1n) is 9.86. The van der Waals surface area contributed by atoms with E-state index in [1.165, 1.54) is 41.1 Å². The lowest BCUT2D eigenvalue weighted by atomic mass is 10.2. The van der Waals surface area contributed by atoms with Gasteiger partial charge in [0.1, 0.15) is 0 Å². The SMILES string of the molecule is CCCCC/C(Sc1ccccc1)=[C](\C)[Al]([CH2]C(C)C)[CH2]C(C)C. The van der Waals surface area contributed by atoms with Gasteiger partial charge in [0.2, 0.25) is 0 Å². The van der Waals surface area contributed by atoms with Crippen LogP contribution >= 0.6 is 11.8 Å². The molecule has 0 heterocycles. The largest absolute Gasteiger partial charge is 0.300 e. The molecule has 0 saturated carbocycles. The number of hydrogen-bond acceptors (Lipinski definition) is 1. The zero-order chi connectivity index (χ0) is 17.9. The molecule has 0 spiro atoms. The van der Waals surface area contributed by atoms with Gasteiger partial charge in [-0.25, -0.2) is 0 Å². The number of thioether (sulfide) groups is 1. The van der Waals surface area contributed by atoms with E-state index >= 15 is 0 Å². The van der Waals surface area contributed by atoms with Gasteiger partial charge in [-0.15, -0.1) is 4.44 Å². The minimum Gasteiger partial charge on any atom is -0.124 e. The van der Waals surface area contributed by atoms with E-state index in [0.717, 1.165) is 11.8 Å². The fraction of sp³-hybridized carbons (Fsp3) is 0.636. The first kappa shape index (κ1) is 21.9. The van der Waals surface area contributed by atoms with E-state index in [0.29, 0.717) is 0 Å². The van der Waals surface area contributed by atoms with Gasteiger partial charge in [0.05, 0.1) is 0 Å². The molecule has 2 heteroatoms. The Morgan fingerprint density at radius 2 is 1.54 bits per heavy atom. The lowest BCUT2D eigenvalue weighted by Crippen LogP contribution is -2.20. The van der Waals surface area contributed by atoms with E-state index in [2.05, 4.69) is 71.9 Å². The van der Waals surface area contributed by atoms with Crippen molar-refractivity contribution < 1.29 is 0 Å². The van der Waals surface area contributed by atoms with Crippen LogP contribution < -0.4 is 0 Å². The van der Waals surface area contributed by atoms with Crippen molar-refractivity contribution in [2.24, 2.45) is 11.8 Å². The Morgan fingerprint density at radius 3 is 2.04 bits per heavy atom. The average molecular weight is 361 g/mol. The van der Waals surface area contributed by atoms with Crippen molar-refractivity contribution in [3.8, 4) is 0 Å². The summed E-state index contributed by atoms with van der Waals surface area (Å²) in [6.07, 6.45) is 5.28. The summed E-state index contributed by atoms with van der Waals surface area (Å²) in [7, 11) is 0. The average Bonchev–Trinajstić information content (AvgIpc) is 2.53. The summed E-state index contributed by atoms with van der Waals surface area (Å²) < 4.78 is 1.79. The van der Waals surface area contributed by atoms with Gasteiger partial charge >= 0.3 is 14.1 Å². The van der Waals surface area contributed by atoms with Crippen LogP contribution in [-0.2, 0) is 0 Å². The summed E-state index contributed by atoms with van der Waals surface area (Å²) in [6, 6.07) is 11.0. The molecule has 0 aliphatic carbocycles. The third-order valence-electron chi connectivity index (χ3n) is 4.56. The predicted molar refractivity (Wildman–Crippen MR) is 114 cm³/mol. The number of unbranched alkanes of at least 4 members (excludes halogenated alkanes) is 2. The fourth-order valence-corrected chi connectivity index (χ4v) is 8.75. The molecule has 0 amide bonds. The molecule has 0 aliphatic rings. The Kier molecular flexibility index (Phi) is 11.2. The Morgan fingerprint density at radius 1 is 0.958 bits per heavy atom. The smallest absolute Gasteiger partial charge is 0.124 e. The third kappa shape index (κ3) is 8.80. The second-order valence-electron chi connectivity index (χ2n) is 7.93. The summed E-state index contributed by atoms with van der Waals surface area (Å²) in [5.41, 5.74) is 0. The van der Waals surface area contributed by atoms with Crippen molar-refractivity contribution in [2.45, 2.75) is 82.7 Å². The summed E-state index contributed by atoms with van der Waals surface area (Å²) >= 11 is 1.21. The first-order chi connectivity index (χ1) is 11.4. The van der Waals surface area contributed by atoms with Gasteiger partial charge in [0, 0.05) is 4.90 Å². The molecule has 0 saturated heterocycles. The predicted octanol–water partition coefficient (Wildman–Crippen LogP) is 7.98. The molecule has 0 atom stereocenters. The van der Waals surface area contributed by atoms with E-state index in [1.807, 2.05) is 11.8 Å². The molecule has 0 unspecified atom stereocenters. The lowest BCUT2D eigenvalue weighted by molar-refractivity contribution is 0.691. The Bertz CT molecular complexity index is 466. The molecular weight excluding hydrogens is 323 g/mol. The van der Waals surface area contributed by atoms with Gasteiger partial charge in [-0.1, -0.05) is 107 Å².